The molecule has 0 atom stereocenters. The van der Waals surface area contributed by atoms with E-state index in [1.807, 2.05) is 0 Å². The van der Waals surface area contributed by atoms with Crippen LogP contribution in [-0.2, 0) is 11.4 Å². The Hall–Kier alpha value is 0.412. The molecule has 0 aliphatic heterocycles. The Labute approximate surface area is 335 Å². The van der Waals surface area contributed by atoms with Gasteiger partial charge >= 0.3 is 15.1 Å². The summed E-state index contributed by atoms with van der Waals surface area (Å²) in [5.74, 6) is 3.38. The zero-order chi connectivity index (χ0) is 39.6. The van der Waals surface area contributed by atoms with E-state index in [9.17, 15) is 0 Å². The van der Waals surface area contributed by atoms with Crippen LogP contribution < -0.4 is 0 Å². The lowest BCUT2D eigenvalue weighted by Crippen LogP contribution is -2.53. The summed E-state index contributed by atoms with van der Waals surface area (Å²) >= 11 is -2.66. The SMILES string of the molecule is CCCCCCCC(CC(C)C)(CC(C)C)[O][Al]([O]C(CCCCCCC)(CC(C)C)CC(C)C)[O]C(CCCCCCC)(CC(C)C)CC(C)C. The smallest absolute Gasteiger partial charge is 0.449 e. The molecule has 3 nitrogen and oxygen atoms in total. The monoisotopic (exact) mass is 751 g/mol. The predicted molar refractivity (Wildman–Crippen MR) is 234 cm³/mol. The summed E-state index contributed by atoms with van der Waals surface area (Å²) in [6.45, 7) is 35.9. The minimum Gasteiger partial charge on any atom is -0.449 e. The third-order valence-corrected chi connectivity index (χ3v) is 13.0. The Bertz CT molecular complexity index is 669. The molecule has 0 saturated heterocycles. The zero-order valence-corrected chi connectivity index (χ0v) is 39.9. The summed E-state index contributed by atoms with van der Waals surface area (Å²) in [6.07, 6.45) is 29.4. The lowest BCUT2D eigenvalue weighted by molar-refractivity contribution is -0.123. The van der Waals surface area contributed by atoms with Crippen molar-refractivity contribution in [1.29, 1.82) is 0 Å². The van der Waals surface area contributed by atoms with Crippen LogP contribution in [0.5, 0.6) is 0 Å². The molecule has 0 radical (unpaired) electrons. The first kappa shape index (κ1) is 52.4. The minimum absolute atomic E-state index is 0.198. The van der Waals surface area contributed by atoms with Crippen LogP contribution in [0.25, 0.3) is 0 Å². The summed E-state index contributed by atoms with van der Waals surface area (Å²) in [6, 6.07) is 0. The van der Waals surface area contributed by atoms with Crippen molar-refractivity contribution in [2.24, 2.45) is 35.5 Å². The van der Waals surface area contributed by atoms with E-state index in [0.29, 0.717) is 35.5 Å². The van der Waals surface area contributed by atoms with Crippen molar-refractivity contribution in [3.05, 3.63) is 0 Å². The van der Waals surface area contributed by atoms with E-state index >= 15 is 0 Å². The van der Waals surface area contributed by atoms with Gasteiger partial charge in [-0.3, -0.25) is 0 Å². The molecule has 0 aliphatic carbocycles. The standard InChI is InChI=1S/3C16H33O.Al/c3*1-6-7-8-9-10-11-16(17,12-14(2)3)13-15(4)5;/h3*14-15H,6-13H2,1-5H3;/q3*-1;+3. The van der Waals surface area contributed by atoms with Gasteiger partial charge in [-0.1, -0.05) is 200 Å². The molecule has 0 saturated carbocycles. The highest BCUT2D eigenvalue weighted by atomic mass is 27.3. The highest BCUT2D eigenvalue weighted by Gasteiger charge is 2.52. The van der Waals surface area contributed by atoms with Gasteiger partial charge in [0, 0.05) is 16.8 Å². The third kappa shape index (κ3) is 25.5. The van der Waals surface area contributed by atoms with Crippen molar-refractivity contribution < 1.29 is 11.4 Å². The second-order valence-electron chi connectivity index (χ2n) is 20.3. The summed E-state index contributed by atoms with van der Waals surface area (Å²) in [5.41, 5.74) is -0.594. The Morgan fingerprint density at radius 3 is 0.673 bits per heavy atom. The fraction of sp³-hybridized carbons (Fsp3) is 1.00. The van der Waals surface area contributed by atoms with Gasteiger partial charge in [-0.05, 0) is 93.3 Å². The molecule has 0 amide bonds. The van der Waals surface area contributed by atoms with Gasteiger partial charge in [0.05, 0.1) is 0 Å². The molecule has 0 aromatic carbocycles. The molecule has 0 aromatic rings. The van der Waals surface area contributed by atoms with E-state index in [4.69, 9.17) is 11.4 Å². The van der Waals surface area contributed by atoms with E-state index in [2.05, 4.69) is 104 Å². The number of hydrogen-bond acceptors (Lipinski definition) is 3. The first-order valence-electron chi connectivity index (χ1n) is 23.5. The van der Waals surface area contributed by atoms with Crippen molar-refractivity contribution in [2.45, 2.75) is 275 Å². The molecule has 0 unspecified atom stereocenters. The number of rotatable bonds is 36. The highest BCUT2D eigenvalue weighted by molar-refractivity contribution is 6.37. The Kier molecular flexibility index (Phi) is 29.9. The van der Waals surface area contributed by atoms with Gasteiger partial charge in [-0.25, -0.2) is 0 Å². The second kappa shape index (κ2) is 29.6. The molecule has 52 heavy (non-hydrogen) atoms. The van der Waals surface area contributed by atoms with Gasteiger partial charge < -0.3 is 11.4 Å². The molecule has 4 heteroatoms. The van der Waals surface area contributed by atoms with Crippen LogP contribution in [0, 0.1) is 35.5 Å². The van der Waals surface area contributed by atoms with Gasteiger partial charge in [-0.15, -0.1) is 0 Å². The average Bonchev–Trinajstić information content (AvgIpc) is 2.98. The largest absolute Gasteiger partial charge is 0.906 e. The van der Waals surface area contributed by atoms with Crippen LogP contribution in [0.15, 0.2) is 0 Å². The molecule has 0 rings (SSSR count). The first-order valence-corrected chi connectivity index (χ1v) is 24.9. The summed E-state index contributed by atoms with van der Waals surface area (Å²) < 4.78 is 23.7. The molecule has 0 aliphatic rings. The lowest BCUT2D eigenvalue weighted by Gasteiger charge is -2.47. The Balaban J connectivity index is 7.37. The first-order chi connectivity index (χ1) is 24.5. The van der Waals surface area contributed by atoms with Crippen LogP contribution in [0.3, 0.4) is 0 Å². The molecule has 0 heterocycles. The lowest BCUT2D eigenvalue weighted by atomic mass is 9.81. The topological polar surface area (TPSA) is 27.7 Å². The zero-order valence-electron chi connectivity index (χ0n) is 38.7. The van der Waals surface area contributed by atoms with Crippen molar-refractivity contribution in [3.8, 4) is 0 Å². The van der Waals surface area contributed by atoms with Crippen LogP contribution in [0.4, 0.5) is 0 Å². The average molecular weight is 751 g/mol. The fourth-order valence-electron chi connectivity index (χ4n) is 9.63. The van der Waals surface area contributed by atoms with Crippen molar-refractivity contribution in [2.75, 3.05) is 0 Å². The van der Waals surface area contributed by atoms with Crippen LogP contribution in [0.2, 0.25) is 0 Å². The molecule has 0 N–H and O–H groups in total. The van der Waals surface area contributed by atoms with Crippen molar-refractivity contribution in [3.63, 3.8) is 0 Å². The minimum atomic E-state index is -2.66. The number of unbranched alkanes of at least 4 members (excludes halogenated alkanes) is 12. The predicted octanol–water partition coefficient (Wildman–Crippen LogP) is 16.6. The molecule has 312 valence electrons. The van der Waals surface area contributed by atoms with Gasteiger partial charge in [0.15, 0.2) is 0 Å². The Morgan fingerprint density at radius 1 is 0.308 bits per heavy atom. The van der Waals surface area contributed by atoms with Gasteiger partial charge in [0.1, 0.15) is 0 Å². The van der Waals surface area contributed by atoms with E-state index in [1.54, 1.807) is 0 Å². The maximum Gasteiger partial charge on any atom is 0.906 e. The third-order valence-electron chi connectivity index (χ3n) is 10.9. The molecule has 0 spiro atoms. The summed E-state index contributed by atoms with van der Waals surface area (Å²) in [5, 5.41) is 0. The summed E-state index contributed by atoms with van der Waals surface area (Å²) in [7, 11) is 0. The Morgan fingerprint density at radius 2 is 0.500 bits per heavy atom. The normalized spacial score (nSPS) is 13.3. The molecule has 0 bridgehead atoms. The quantitative estimate of drug-likeness (QED) is 0.0471. The van der Waals surface area contributed by atoms with E-state index in [0.717, 1.165) is 57.8 Å². The maximum atomic E-state index is 7.89. The van der Waals surface area contributed by atoms with Crippen LogP contribution in [0.1, 0.15) is 258 Å². The van der Waals surface area contributed by atoms with Gasteiger partial charge in [0.2, 0.25) is 0 Å². The van der Waals surface area contributed by atoms with E-state index < -0.39 is 15.1 Å². The fourth-order valence-corrected chi connectivity index (χ4v) is 11.9. The van der Waals surface area contributed by atoms with E-state index in [-0.39, 0.29) is 16.8 Å². The highest BCUT2D eigenvalue weighted by Crippen LogP contribution is 2.42. The second-order valence-corrected chi connectivity index (χ2v) is 21.6. The summed E-state index contributed by atoms with van der Waals surface area (Å²) in [4.78, 5) is 0. The molecule has 0 fully saturated rings. The van der Waals surface area contributed by atoms with Crippen LogP contribution in [-0.4, -0.2) is 32.0 Å². The molecular formula is C48H99AlO3. The van der Waals surface area contributed by atoms with Crippen molar-refractivity contribution >= 4 is 15.1 Å². The van der Waals surface area contributed by atoms with Gasteiger partial charge in [0.25, 0.3) is 0 Å². The number of hydrogen-bond donors (Lipinski definition) is 0. The molecule has 0 aromatic heterocycles. The maximum absolute atomic E-state index is 7.89. The van der Waals surface area contributed by atoms with E-state index in [1.165, 1.54) is 96.3 Å². The van der Waals surface area contributed by atoms with Crippen molar-refractivity contribution in [1.82, 2.24) is 0 Å². The van der Waals surface area contributed by atoms with Gasteiger partial charge in [-0.2, -0.15) is 0 Å². The molecular weight excluding hydrogens is 652 g/mol. The van der Waals surface area contributed by atoms with Crippen LogP contribution >= 0.6 is 0 Å².